The van der Waals surface area contributed by atoms with Crippen molar-refractivity contribution in [1.82, 2.24) is 5.32 Å². The zero-order valence-electron chi connectivity index (χ0n) is 3.26. The fourth-order valence-electron chi connectivity index (χ4n) is 0.293. The minimum Gasteiger partial charge on any atom is -0.409 e. The molecule has 0 aromatic carbocycles. The highest BCUT2D eigenvalue weighted by atomic mass is 16.4. The first-order valence-electron chi connectivity index (χ1n) is 1.82. The summed E-state index contributed by atoms with van der Waals surface area (Å²) in [6, 6.07) is 0. The van der Waals surface area contributed by atoms with Gasteiger partial charge in [-0.3, -0.25) is 5.32 Å². The molecule has 0 unspecified atom stereocenters. The minimum absolute atomic E-state index is 0.579. The third-order valence-corrected chi connectivity index (χ3v) is 0.745. The number of hydrogen-bond acceptors (Lipinski definition) is 2. The molecule has 33 valence electrons. The second-order valence-corrected chi connectivity index (χ2v) is 1.15. The molecule has 1 radical (unpaired) electrons. The molecular weight excluding hydrogens is 80.0 g/mol. The van der Waals surface area contributed by atoms with Crippen LogP contribution < -0.4 is 5.32 Å². The maximum absolute atomic E-state index is 7.88. The van der Waals surface area contributed by atoms with Crippen molar-refractivity contribution in [2.24, 2.45) is 5.16 Å². The van der Waals surface area contributed by atoms with Gasteiger partial charge < -0.3 is 5.21 Å². The lowest BCUT2D eigenvalue weighted by molar-refractivity contribution is 0.311. The van der Waals surface area contributed by atoms with E-state index in [1.165, 1.54) is 0 Å². The van der Waals surface area contributed by atoms with Gasteiger partial charge in [0.1, 0.15) is 0 Å². The Balaban J connectivity index is 2.34. The van der Waals surface area contributed by atoms with Crippen LogP contribution in [0.4, 0.5) is 0 Å². The highest BCUT2D eigenvalue weighted by Crippen LogP contribution is 1.92. The lowest BCUT2D eigenvalue weighted by atomic mass is 10.3. The van der Waals surface area contributed by atoms with Crippen molar-refractivity contribution in [1.29, 1.82) is 0 Å². The molecule has 1 saturated heterocycles. The second kappa shape index (κ2) is 1.16. The molecule has 1 fully saturated rings. The van der Waals surface area contributed by atoms with Gasteiger partial charge in [-0.25, -0.2) is 0 Å². The topological polar surface area (TPSA) is 46.7 Å². The molecule has 3 nitrogen and oxygen atoms in total. The van der Waals surface area contributed by atoms with Crippen LogP contribution in [0.25, 0.3) is 0 Å². The van der Waals surface area contributed by atoms with Crippen molar-refractivity contribution in [3.63, 3.8) is 0 Å². The highest BCUT2D eigenvalue weighted by Gasteiger charge is 2.09. The van der Waals surface area contributed by atoms with Crippen LogP contribution >= 0.6 is 0 Å². The lowest BCUT2D eigenvalue weighted by Gasteiger charge is -2.10. The van der Waals surface area contributed by atoms with E-state index in [9.17, 15) is 0 Å². The Bertz CT molecular complexity index is 72.9. The van der Waals surface area contributed by atoms with Gasteiger partial charge in [-0.15, -0.1) is 0 Å². The molecular formula is C3H5N2O. The van der Waals surface area contributed by atoms with Crippen molar-refractivity contribution >= 4 is 5.84 Å². The van der Waals surface area contributed by atoms with Gasteiger partial charge in [0.15, 0.2) is 5.84 Å². The summed E-state index contributed by atoms with van der Waals surface area (Å²) in [7, 11) is 0. The van der Waals surface area contributed by atoms with Gasteiger partial charge in [0.2, 0.25) is 0 Å². The Kier molecular flexibility index (Phi) is 0.670. The van der Waals surface area contributed by atoms with Gasteiger partial charge >= 0.3 is 0 Å². The molecule has 3 heteroatoms. The van der Waals surface area contributed by atoms with Gasteiger partial charge in [-0.1, -0.05) is 5.16 Å². The molecule has 1 rings (SSSR count). The Morgan fingerprint density at radius 3 is 2.50 bits per heavy atom. The van der Waals surface area contributed by atoms with Gasteiger partial charge in [0, 0.05) is 13.0 Å². The van der Waals surface area contributed by atoms with E-state index in [1.54, 1.807) is 0 Å². The van der Waals surface area contributed by atoms with Crippen LogP contribution in [0.15, 0.2) is 5.16 Å². The third kappa shape index (κ3) is 0.319. The molecule has 0 amide bonds. The van der Waals surface area contributed by atoms with Crippen LogP contribution in [0, 0.1) is 0 Å². The summed E-state index contributed by atoms with van der Waals surface area (Å²) in [6.45, 7) is 0.833. The Morgan fingerprint density at radius 1 is 1.83 bits per heavy atom. The number of hydrogen-bond donors (Lipinski definition) is 1. The predicted octanol–water partition coefficient (Wildman–Crippen LogP) is -0.218. The van der Waals surface area contributed by atoms with Gasteiger partial charge in [0.05, 0.1) is 0 Å². The van der Waals surface area contributed by atoms with Crippen LogP contribution in [-0.2, 0) is 0 Å². The second-order valence-electron chi connectivity index (χ2n) is 1.15. The van der Waals surface area contributed by atoms with Crippen LogP contribution in [-0.4, -0.2) is 17.6 Å². The standard InChI is InChI=1S/C3H5N2O/c6-5-3-1-2-4-3/h6H,1-2H2/b5-3+. The smallest absolute Gasteiger partial charge is 0.164 e. The molecule has 1 aliphatic rings. The SMILES string of the molecule is O/N=C1\CC[N]1. The molecule has 0 aromatic heterocycles. The van der Waals surface area contributed by atoms with E-state index in [0.717, 1.165) is 13.0 Å². The molecule has 1 aliphatic heterocycles. The predicted molar refractivity (Wildman–Crippen MR) is 20.8 cm³/mol. The third-order valence-electron chi connectivity index (χ3n) is 0.745. The molecule has 0 saturated carbocycles. The van der Waals surface area contributed by atoms with E-state index in [1.807, 2.05) is 0 Å². The van der Waals surface area contributed by atoms with Crippen molar-refractivity contribution in [3.8, 4) is 0 Å². The van der Waals surface area contributed by atoms with Crippen LogP contribution in [0.5, 0.6) is 0 Å². The molecule has 1 heterocycles. The van der Waals surface area contributed by atoms with Crippen LogP contribution in [0.3, 0.4) is 0 Å². The summed E-state index contributed by atoms with van der Waals surface area (Å²) in [5.74, 6) is 0.579. The Labute approximate surface area is 35.7 Å². The normalized spacial score (nSPS) is 25.7. The van der Waals surface area contributed by atoms with E-state index >= 15 is 0 Å². The Morgan fingerprint density at radius 2 is 2.50 bits per heavy atom. The van der Waals surface area contributed by atoms with Crippen LogP contribution in [0.2, 0.25) is 0 Å². The first-order valence-corrected chi connectivity index (χ1v) is 1.82. The number of nitrogens with zero attached hydrogens (tertiary/aromatic N) is 2. The van der Waals surface area contributed by atoms with Gasteiger partial charge in [0.25, 0.3) is 0 Å². The van der Waals surface area contributed by atoms with E-state index in [4.69, 9.17) is 5.21 Å². The molecule has 0 spiro atoms. The maximum Gasteiger partial charge on any atom is 0.164 e. The maximum atomic E-state index is 7.88. The molecule has 0 atom stereocenters. The summed E-state index contributed by atoms with van der Waals surface area (Å²) >= 11 is 0. The van der Waals surface area contributed by atoms with Crippen molar-refractivity contribution in [2.45, 2.75) is 6.42 Å². The zero-order valence-corrected chi connectivity index (χ0v) is 3.26. The molecule has 6 heavy (non-hydrogen) atoms. The van der Waals surface area contributed by atoms with E-state index in [0.29, 0.717) is 5.84 Å². The highest BCUT2D eigenvalue weighted by molar-refractivity contribution is 5.86. The van der Waals surface area contributed by atoms with Crippen molar-refractivity contribution in [3.05, 3.63) is 0 Å². The summed E-state index contributed by atoms with van der Waals surface area (Å²) in [6.07, 6.45) is 0.844. The summed E-state index contributed by atoms with van der Waals surface area (Å²) in [5, 5.41) is 14.4. The average Bonchev–Trinajstić information content (AvgIpc) is 1.31. The fraction of sp³-hybridized carbons (Fsp3) is 0.667. The molecule has 0 aliphatic carbocycles. The van der Waals surface area contributed by atoms with Gasteiger partial charge in [-0.05, 0) is 0 Å². The fourth-order valence-corrected chi connectivity index (χ4v) is 0.293. The molecule has 0 aromatic rings. The number of oxime groups is 1. The monoisotopic (exact) mass is 85.0 g/mol. The van der Waals surface area contributed by atoms with E-state index in [2.05, 4.69) is 10.5 Å². The minimum atomic E-state index is 0.579. The van der Waals surface area contributed by atoms with E-state index < -0.39 is 0 Å². The average molecular weight is 85.1 g/mol. The number of rotatable bonds is 0. The molecule has 1 N–H and O–H groups in total. The summed E-state index contributed by atoms with van der Waals surface area (Å²) in [5.41, 5.74) is 0. The molecule has 0 bridgehead atoms. The first kappa shape index (κ1) is 3.46. The zero-order chi connectivity index (χ0) is 4.41. The summed E-state index contributed by atoms with van der Waals surface area (Å²) < 4.78 is 0. The first-order chi connectivity index (χ1) is 2.93. The van der Waals surface area contributed by atoms with Crippen molar-refractivity contribution in [2.75, 3.05) is 6.54 Å². The van der Waals surface area contributed by atoms with Crippen molar-refractivity contribution < 1.29 is 5.21 Å². The lowest BCUT2D eigenvalue weighted by Crippen LogP contribution is -2.30. The van der Waals surface area contributed by atoms with Gasteiger partial charge in [-0.2, -0.15) is 0 Å². The quantitative estimate of drug-likeness (QED) is 0.321. The Hall–Kier alpha value is -0.730. The summed E-state index contributed by atoms with van der Waals surface area (Å²) in [4.78, 5) is 0. The van der Waals surface area contributed by atoms with E-state index in [-0.39, 0.29) is 0 Å². The largest absolute Gasteiger partial charge is 0.409 e. The number of amidine groups is 1. The van der Waals surface area contributed by atoms with Crippen LogP contribution in [0.1, 0.15) is 6.42 Å².